The molecule has 25 nitrogen and oxygen atoms in total. The van der Waals surface area contributed by atoms with Crippen LogP contribution < -0.4 is 14.9 Å². The van der Waals surface area contributed by atoms with Crippen LogP contribution in [0, 0.1) is 41.5 Å². The lowest BCUT2D eigenvalue weighted by Crippen LogP contribution is -2.41. The first-order valence-electron chi connectivity index (χ1n) is 35.0. The molecular weight excluding hydrogens is 1570 g/mol. The van der Waals surface area contributed by atoms with Crippen molar-refractivity contribution in [1.29, 1.82) is 0 Å². The van der Waals surface area contributed by atoms with Crippen LogP contribution >= 0.6 is 34.0 Å². The van der Waals surface area contributed by atoms with Gasteiger partial charge >= 0.3 is 49.1 Å². The van der Waals surface area contributed by atoms with Crippen LogP contribution in [0.15, 0.2) is 75.5 Å². The van der Waals surface area contributed by atoms with Crippen LogP contribution in [0.5, 0.6) is 11.5 Å². The molecule has 114 heavy (non-hydrogen) atoms. The van der Waals surface area contributed by atoms with E-state index in [2.05, 4.69) is 29.9 Å². The number of halogens is 9. The van der Waals surface area contributed by atoms with E-state index < -0.39 is 83.0 Å². The van der Waals surface area contributed by atoms with Gasteiger partial charge in [-0.1, -0.05) is 18.2 Å². The maximum Gasteiger partial charge on any atom is 0.434 e. The van der Waals surface area contributed by atoms with Gasteiger partial charge in [0.25, 0.3) is 6.47 Å². The van der Waals surface area contributed by atoms with Gasteiger partial charge in [0.05, 0.1) is 48.0 Å². The normalized spacial score (nSPS) is 17.6. The number of fused-ring (bicyclic) bond motifs is 3. The molecule has 37 heteroatoms. The number of alkyl halides is 9. The Morgan fingerprint density at radius 1 is 0.509 bits per heavy atom. The number of β-amino-alcohol motifs (C(OH)–C–C–N with tert-alkyl or cyclic N) is 1. The summed E-state index contributed by atoms with van der Waals surface area (Å²) in [5.41, 5.74) is 3.36. The average molecular weight is 1660 g/mol. The highest BCUT2D eigenvalue weighted by atomic mass is 32.1. The van der Waals surface area contributed by atoms with Gasteiger partial charge in [-0.3, -0.25) is 14.5 Å². The van der Waals surface area contributed by atoms with Gasteiger partial charge in [0.1, 0.15) is 66.9 Å². The summed E-state index contributed by atoms with van der Waals surface area (Å²) in [6.45, 7) is 32.5. The van der Waals surface area contributed by atoms with E-state index in [1.165, 1.54) is 11.0 Å². The van der Waals surface area contributed by atoms with Crippen LogP contribution in [0.3, 0.4) is 0 Å². The molecule has 3 aliphatic heterocycles. The van der Waals surface area contributed by atoms with Crippen molar-refractivity contribution in [3.8, 4) is 43.6 Å². The van der Waals surface area contributed by atoms with Gasteiger partial charge in [0.15, 0.2) is 28.7 Å². The second-order valence-corrected chi connectivity index (χ2v) is 32.3. The maximum atomic E-state index is 13.2. The highest BCUT2D eigenvalue weighted by Gasteiger charge is 2.43. The Bertz CT molecular complexity index is 5080. The topological polar surface area (TPSA) is 319 Å². The Labute approximate surface area is 660 Å². The van der Waals surface area contributed by atoms with Crippen molar-refractivity contribution in [2.75, 3.05) is 19.6 Å². The van der Waals surface area contributed by atoms with Crippen LogP contribution in [0.2, 0.25) is 0 Å². The summed E-state index contributed by atoms with van der Waals surface area (Å²) in [7, 11) is 0. The molecule has 0 aliphatic carbocycles. The van der Waals surface area contributed by atoms with Crippen molar-refractivity contribution >= 4 is 104 Å². The maximum absolute atomic E-state index is 13.2. The molecule has 9 heterocycles. The zero-order valence-electron chi connectivity index (χ0n) is 65.0. The number of aliphatic hydroxyl groups is 1. The molecule has 9 aromatic rings. The predicted octanol–water partition coefficient (Wildman–Crippen LogP) is 17.1. The average Bonchev–Trinajstić information content (AvgIpc) is 1.29. The highest BCUT2D eigenvalue weighted by Crippen LogP contribution is 2.42. The first-order valence-corrected chi connectivity index (χ1v) is 37.7. The number of amides is 3. The number of pyridine rings is 3. The molecule has 3 aliphatic rings. The number of benzene rings is 3. The Morgan fingerprint density at radius 3 is 1.25 bits per heavy atom. The molecule has 6 aromatic heterocycles. The Morgan fingerprint density at radius 2 is 0.868 bits per heavy atom. The molecular formula is C77H84F9N9O16S3. The summed E-state index contributed by atoms with van der Waals surface area (Å²) in [6.07, 6.45) is -15.2. The minimum Gasteiger partial charge on any atom is -0.488 e. The van der Waals surface area contributed by atoms with Crippen molar-refractivity contribution in [2.45, 2.75) is 209 Å². The van der Waals surface area contributed by atoms with E-state index in [9.17, 15) is 68.6 Å². The number of aromatic amines is 1. The smallest absolute Gasteiger partial charge is 0.434 e. The van der Waals surface area contributed by atoms with E-state index in [1.54, 1.807) is 48.8 Å². The molecule has 3 aromatic carbocycles. The van der Waals surface area contributed by atoms with Gasteiger partial charge in [-0.05, 0) is 176 Å². The summed E-state index contributed by atoms with van der Waals surface area (Å²) >= 11 is 2.59. The summed E-state index contributed by atoms with van der Waals surface area (Å²) in [5, 5.41) is 14.6. The van der Waals surface area contributed by atoms with E-state index >= 15 is 0 Å². The minimum absolute atomic E-state index is 0.0693. The van der Waals surface area contributed by atoms with Crippen LogP contribution in [-0.4, -0.2) is 160 Å². The van der Waals surface area contributed by atoms with Gasteiger partial charge in [0, 0.05) is 75.4 Å². The number of thiazole rings is 3. The quantitative estimate of drug-likeness (QED) is 0.0770. The van der Waals surface area contributed by atoms with Gasteiger partial charge in [-0.25, -0.2) is 39.3 Å². The summed E-state index contributed by atoms with van der Waals surface area (Å²) in [6, 6.07) is 15.6. The first-order chi connectivity index (χ1) is 52.9. The van der Waals surface area contributed by atoms with Gasteiger partial charge in [-0.2, -0.15) is 58.7 Å². The summed E-state index contributed by atoms with van der Waals surface area (Å²) in [5.74, 6) is 0.868. The van der Waals surface area contributed by atoms with Crippen LogP contribution in [-0.2, 0) is 61.4 Å². The second kappa shape index (κ2) is 36.8. The molecule has 0 saturated carbocycles. The van der Waals surface area contributed by atoms with Crippen molar-refractivity contribution in [3.63, 3.8) is 0 Å². The molecule has 0 spiro atoms. The first kappa shape index (κ1) is 90.7. The predicted molar refractivity (Wildman–Crippen MR) is 402 cm³/mol. The zero-order valence-corrected chi connectivity index (χ0v) is 67.4. The van der Waals surface area contributed by atoms with E-state index in [0.29, 0.717) is 76.1 Å². The number of hydrogen-bond donors (Lipinski definition) is 2. The molecule has 3 amide bonds. The van der Waals surface area contributed by atoms with Crippen molar-refractivity contribution in [1.82, 2.24) is 44.6 Å². The summed E-state index contributed by atoms with van der Waals surface area (Å²) < 4.78 is 151. The number of nitrogens with one attached hydrogen (secondary N) is 1. The van der Waals surface area contributed by atoms with Crippen LogP contribution in [0.1, 0.15) is 146 Å². The molecule has 6 atom stereocenters. The lowest BCUT2D eigenvalue weighted by molar-refractivity contribution is -0.193. The monoisotopic (exact) mass is 1660 g/mol. The van der Waals surface area contributed by atoms with Crippen molar-refractivity contribution in [3.05, 3.63) is 131 Å². The van der Waals surface area contributed by atoms with E-state index in [4.69, 9.17) is 47.6 Å². The molecule has 614 valence electrons. The number of aliphatic hydroxyl groups excluding tert-OH is 1. The fraction of sp³-hybridized carbons (Fsp3) is 0.455. The zero-order chi connectivity index (χ0) is 85.2. The molecule has 2 N–H and O–H groups in total. The fourth-order valence-electron chi connectivity index (χ4n) is 11.8. The molecule has 12 rings (SSSR count). The van der Waals surface area contributed by atoms with Crippen molar-refractivity contribution < 1.29 is 111 Å². The molecule has 2 unspecified atom stereocenters. The van der Waals surface area contributed by atoms with E-state index in [-0.39, 0.29) is 82.2 Å². The van der Waals surface area contributed by atoms with E-state index in [1.807, 2.05) is 127 Å². The molecule has 0 radical (unpaired) electrons. The molecule has 3 saturated heterocycles. The molecule has 0 bridgehead atoms. The Hall–Kier alpha value is -10.5. The lowest BCUT2D eigenvalue weighted by atomic mass is 10.0. The van der Waals surface area contributed by atoms with Crippen LogP contribution in [0.25, 0.3) is 64.8 Å². The number of carbonyl (C=O) groups excluding carboxylic acids is 8. The number of carbonyl (C=O) groups is 4. The highest BCUT2D eigenvalue weighted by molar-refractivity contribution is 7.13. The second-order valence-electron chi connectivity index (χ2n) is 29.7. The lowest BCUT2D eigenvalue weighted by Gasteiger charge is -2.27. The van der Waals surface area contributed by atoms with Crippen molar-refractivity contribution in [2.24, 2.45) is 0 Å². The summed E-state index contributed by atoms with van der Waals surface area (Å²) in [4.78, 5) is 121. The number of ether oxygens (including phenoxy) is 6. The largest absolute Gasteiger partial charge is 0.488 e. The number of hydrogen-bond acceptors (Lipinski definition) is 24. The number of rotatable bonds is 9. The third kappa shape index (κ3) is 23.8. The fourth-order valence-corrected chi connectivity index (χ4v) is 14.2. The third-order valence-electron chi connectivity index (χ3n) is 17.5. The van der Waals surface area contributed by atoms with Gasteiger partial charge < -0.3 is 48.3 Å². The standard InChI is InChI=1S/C25H26F3N3O5S.C25H28F3N3O3S.C15H11F3N2OS.C10H19NO3.2CO2/c1-13-6-7-16-18(35-15-8-20(34-12-32)31(10-15)23(33)36-24(3,4)5)9-17(29-21(16)14(13)2)22-30-19(11-37-22)25(26,27)28;1-13-7-8-17-19(33-16-9-14(2)31(11-16)23(32)34-24(4,5)6)10-18(29-21(17)15(13)3)22-30-20(12-35-22)25(26,27)28;1-7-3-4-9-11(21)5-10(19-13(9)8(7)2)14-20-12(6-22-14)15(16,17)18;1-7-5-8(12)6-11(7)9(13)14-10(2,3)4;2*2-1-3/h6-7,9,11-12,15,20H,8,10H2,1-5H3;7-8,10,12,14,16H,9,11H2,1-6H3;3-6H,1-2H3,(H,19,21);7-8,12H,5-6H2,1-4H3;;/t15?,20-;14-,16?;;7-,8-;;/m11.1../s1. The number of H-pyrrole nitrogens is 1. The Kier molecular flexibility index (Phi) is 29.3. The molecule has 3 fully saturated rings. The number of likely N-dealkylation sites (tertiary alicyclic amines) is 3. The van der Waals surface area contributed by atoms with Gasteiger partial charge in [0.2, 0.25) is 0 Å². The third-order valence-corrected chi connectivity index (χ3v) is 20.1. The minimum atomic E-state index is -4.57. The number of aromatic nitrogens is 6. The SMILES string of the molecule is C[C@@H]1C[C@@H](O)CN1C(=O)OC(C)(C)C.Cc1ccc2c(=O)cc(-c3nc(C(F)(F)F)cs3)[nH]c2c1C.Cc1ccc2c(OC3C[C@@H](C)N(C(=O)OC(C)(C)C)C3)cc(-c3nc(C(F)(F)F)cs3)nc2c1C.Cc1ccc2c(OC3C[C@@H](OC=O)N(C(=O)OC(C)(C)C)C3)cc(-c3nc(C(F)(F)F)cs3)nc2c1C.O=C=O.O=C=O. The number of nitrogens with zero attached hydrogens (tertiary/aromatic N) is 8. The van der Waals surface area contributed by atoms with E-state index in [0.717, 1.165) is 88.9 Å². The number of aryl methyl sites for hydroxylation is 6. The Balaban J connectivity index is 0.000000216. The van der Waals surface area contributed by atoms with Crippen LogP contribution in [0.4, 0.5) is 53.9 Å². The van der Waals surface area contributed by atoms with Gasteiger partial charge in [-0.15, -0.1) is 34.0 Å².